The lowest BCUT2D eigenvalue weighted by Gasteiger charge is -2.12. The van der Waals surface area contributed by atoms with Gasteiger partial charge in [-0.2, -0.15) is 0 Å². The van der Waals surface area contributed by atoms with Gasteiger partial charge in [0.1, 0.15) is 11.6 Å². The Bertz CT molecular complexity index is 385. The largest absolute Gasteiger partial charge is 0.491 e. The summed E-state index contributed by atoms with van der Waals surface area (Å²) in [4.78, 5) is 11.2. The predicted octanol–water partition coefficient (Wildman–Crippen LogP) is 1.30. The van der Waals surface area contributed by atoms with Crippen molar-refractivity contribution in [2.24, 2.45) is 5.73 Å². The van der Waals surface area contributed by atoms with Crippen LogP contribution in [0.5, 0.6) is 5.75 Å². The van der Waals surface area contributed by atoms with Gasteiger partial charge in [-0.1, -0.05) is 0 Å². The van der Waals surface area contributed by atoms with Crippen molar-refractivity contribution in [1.29, 1.82) is 0 Å². The van der Waals surface area contributed by atoms with E-state index in [-0.39, 0.29) is 6.03 Å². The molecule has 0 aliphatic carbocycles. The molecule has 0 fully saturated rings. The first-order chi connectivity index (χ1) is 8.17. The van der Waals surface area contributed by atoms with Crippen LogP contribution in [0.15, 0.2) is 18.2 Å². The van der Waals surface area contributed by atoms with Gasteiger partial charge in [0.05, 0.1) is 12.3 Å². The first-order valence-electron chi connectivity index (χ1n) is 5.28. The second-order valence-corrected chi connectivity index (χ2v) is 3.34. The molecule has 1 rings (SSSR count). The molecular weight excluding hydrogens is 225 g/mol. The van der Waals surface area contributed by atoms with E-state index in [1.165, 1.54) is 25.2 Å². The Morgan fingerprint density at radius 2 is 2.29 bits per heavy atom. The van der Waals surface area contributed by atoms with Crippen molar-refractivity contribution in [2.45, 2.75) is 6.42 Å². The third kappa shape index (κ3) is 4.28. The molecular formula is C11H16FN3O2. The molecule has 6 heteroatoms. The monoisotopic (exact) mass is 241 g/mol. The number of carbonyl (C=O) groups excluding carboxylic acids is 1. The first kappa shape index (κ1) is 13.2. The molecule has 0 bridgehead atoms. The average molecular weight is 241 g/mol. The summed E-state index contributed by atoms with van der Waals surface area (Å²) < 4.78 is 18.4. The van der Waals surface area contributed by atoms with E-state index < -0.39 is 5.82 Å². The van der Waals surface area contributed by atoms with Gasteiger partial charge < -0.3 is 21.1 Å². The maximum atomic E-state index is 13.0. The summed E-state index contributed by atoms with van der Waals surface area (Å²) in [6, 6.07) is 3.53. The summed E-state index contributed by atoms with van der Waals surface area (Å²) in [5, 5.41) is 4.94. The number of halogens is 1. The molecule has 0 aromatic heterocycles. The minimum atomic E-state index is -0.421. The number of urea groups is 1. The zero-order chi connectivity index (χ0) is 12.7. The number of carbonyl (C=O) groups is 1. The number of nitrogens with two attached hydrogens (primary N) is 1. The Morgan fingerprint density at radius 3 is 2.94 bits per heavy atom. The van der Waals surface area contributed by atoms with Gasteiger partial charge >= 0.3 is 6.03 Å². The number of nitrogens with one attached hydrogen (secondary N) is 2. The Labute approximate surface area is 99.1 Å². The smallest absolute Gasteiger partial charge is 0.319 e. The summed E-state index contributed by atoms with van der Waals surface area (Å²) in [6.07, 6.45) is 0.663. The zero-order valence-electron chi connectivity index (χ0n) is 9.63. The fourth-order valence-corrected chi connectivity index (χ4v) is 1.17. The van der Waals surface area contributed by atoms with Crippen LogP contribution in [0.1, 0.15) is 6.42 Å². The number of hydrogen-bond acceptors (Lipinski definition) is 3. The minimum Gasteiger partial charge on any atom is -0.491 e. The molecule has 0 aliphatic heterocycles. The van der Waals surface area contributed by atoms with E-state index in [1.54, 1.807) is 0 Å². The van der Waals surface area contributed by atoms with Gasteiger partial charge in [-0.05, 0) is 25.1 Å². The highest BCUT2D eigenvalue weighted by atomic mass is 19.1. The lowest BCUT2D eigenvalue weighted by Crippen LogP contribution is -2.24. The summed E-state index contributed by atoms with van der Waals surface area (Å²) in [7, 11) is 1.49. The van der Waals surface area contributed by atoms with Crippen molar-refractivity contribution in [3.63, 3.8) is 0 Å². The molecule has 4 N–H and O–H groups in total. The van der Waals surface area contributed by atoms with Crippen molar-refractivity contribution in [3.05, 3.63) is 24.0 Å². The molecule has 2 amide bonds. The first-order valence-corrected chi connectivity index (χ1v) is 5.28. The van der Waals surface area contributed by atoms with Gasteiger partial charge in [-0.3, -0.25) is 0 Å². The highest BCUT2D eigenvalue weighted by Crippen LogP contribution is 2.25. The molecule has 5 nitrogen and oxygen atoms in total. The lowest BCUT2D eigenvalue weighted by atomic mass is 10.3. The summed E-state index contributed by atoms with van der Waals surface area (Å²) in [5.74, 6) is -0.128. The Kier molecular flexibility index (Phi) is 5.22. The van der Waals surface area contributed by atoms with E-state index in [2.05, 4.69) is 10.6 Å². The van der Waals surface area contributed by atoms with Crippen LogP contribution in [-0.4, -0.2) is 26.2 Å². The van der Waals surface area contributed by atoms with Crippen LogP contribution < -0.4 is 21.1 Å². The van der Waals surface area contributed by atoms with Crippen LogP contribution in [0, 0.1) is 5.82 Å². The van der Waals surface area contributed by atoms with Crippen molar-refractivity contribution in [2.75, 3.05) is 25.5 Å². The molecule has 94 valence electrons. The molecule has 17 heavy (non-hydrogen) atoms. The maximum absolute atomic E-state index is 13.0. The number of benzene rings is 1. The SMILES string of the molecule is CNC(=O)Nc1ccc(F)cc1OCCCN. The van der Waals surface area contributed by atoms with Crippen molar-refractivity contribution < 1.29 is 13.9 Å². The Hall–Kier alpha value is -1.82. The lowest BCUT2D eigenvalue weighted by molar-refractivity contribution is 0.253. The fraction of sp³-hybridized carbons (Fsp3) is 0.364. The van der Waals surface area contributed by atoms with E-state index in [1.807, 2.05) is 0 Å². The number of amides is 2. The molecule has 1 aromatic carbocycles. The van der Waals surface area contributed by atoms with Crippen molar-refractivity contribution in [1.82, 2.24) is 5.32 Å². The second-order valence-electron chi connectivity index (χ2n) is 3.34. The van der Waals surface area contributed by atoms with E-state index in [9.17, 15) is 9.18 Å². The molecule has 0 atom stereocenters. The number of anilines is 1. The van der Waals surface area contributed by atoms with Gasteiger partial charge in [0.2, 0.25) is 0 Å². The Balaban J connectivity index is 2.76. The topological polar surface area (TPSA) is 76.4 Å². The van der Waals surface area contributed by atoms with Gasteiger partial charge in [-0.25, -0.2) is 9.18 Å². The minimum absolute atomic E-state index is 0.294. The van der Waals surface area contributed by atoms with Gasteiger partial charge in [0.15, 0.2) is 0 Å². The van der Waals surface area contributed by atoms with Crippen LogP contribution in [0.4, 0.5) is 14.9 Å². The second kappa shape index (κ2) is 6.70. The molecule has 0 unspecified atom stereocenters. The molecule has 0 aliphatic rings. The summed E-state index contributed by atoms with van der Waals surface area (Å²) in [6.45, 7) is 0.871. The van der Waals surface area contributed by atoms with Crippen LogP contribution in [0.25, 0.3) is 0 Å². The average Bonchev–Trinajstić information content (AvgIpc) is 2.32. The summed E-state index contributed by atoms with van der Waals surface area (Å²) in [5.41, 5.74) is 5.75. The van der Waals surface area contributed by atoms with E-state index >= 15 is 0 Å². The fourth-order valence-electron chi connectivity index (χ4n) is 1.17. The van der Waals surface area contributed by atoms with E-state index in [0.29, 0.717) is 31.0 Å². The molecule has 0 spiro atoms. The predicted molar refractivity (Wildman–Crippen MR) is 63.6 cm³/mol. The standard InChI is InChI=1S/C11H16FN3O2/c1-14-11(16)15-9-4-3-8(12)7-10(9)17-6-2-5-13/h3-4,7H,2,5-6,13H2,1H3,(H2,14,15,16). The van der Waals surface area contributed by atoms with Gasteiger partial charge in [0, 0.05) is 13.1 Å². The third-order valence-electron chi connectivity index (χ3n) is 2.02. The van der Waals surface area contributed by atoms with E-state index in [4.69, 9.17) is 10.5 Å². The normalized spacial score (nSPS) is 9.82. The number of ether oxygens (including phenoxy) is 1. The quantitative estimate of drug-likeness (QED) is 0.680. The number of hydrogen-bond donors (Lipinski definition) is 3. The molecule has 0 saturated carbocycles. The molecule has 0 heterocycles. The highest BCUT2D eigenvalue weighted by Gasteiger charge is 2.07. The van der Waals surface area contributed by atoms with Crippen LogP contribution >= 0.6 is 0 Å². The van der Waals surface area contributed by atoms with Gasteiger partial charge in [-0.15, -0.1) is 0 Å². The maximum Gasteiger partial charge on any atom is 0.319 e. The molecule has 1 aromatic rings. The van der Waals surface area contributed by atoms with E-state index in [0.717, 1.165) is 0 Å². The highest BCUT2D eigenvalue weighted by molar-refractivity contribution is 5.90. The van der Waals surface area contributed by atoms with Crippen LogP contribution in [0.3, 0.4) is 0 Å². The Morgan fingerprint density at radius 1 is 1.53 bits per heavy atom. The third-order valence-corrected chi connectivity index (χ3v) is 2.02. The van der Waals surface area contributed by atoms with Crippen LogP contribution in [0.2, 0.25) is 0 Å². The molecule has 0 saturated heterocycles. The summed E-state index contributed by atoms with van der Waals surface area (Å²) >= 11 is 0. The van der Waals surface area contributed by atoms with Gasteiger partial charge in [0.25, 0.3) is 0 Å². The number of rotatable bonds is 5. The van der Waals surface area contributed by atoms with Crippen molar-refractivity contribution >= 4 is 11.7 Å². The van der Waals surface area contributed by atoms with Crippen LogP contribution in [-0.2, 0) is 0 Å². The van der Waals surface area contributed by atoms with Crippen molar-refractivity contribution in [3.8, 4) is 5.75 Å². The molecule has 0 radical (unpaired) electrons. The zero-order valence-corrected chi connectivity index (χ0v) is 9.63.